The van der Waals surface area contributed by atoms with Crippen molar-refractivity contribution in [2.75, 3.05) is 0 Å². The number of alkyl halides is 2. The second-order valence-corrected chi connectivity index (χ2v) is 28.3. The van der Waals surface area contributed by atoms with Crippen LogP contribution in [0.1, 0.15) is 147 Å². The predicted molar refractivity (Wildman–Crippen MR) is 326 cm³/mol. The SMILES string of the molecule is CCC(C)(C)C(=O)OC(C)C(F)(F)S(=O)(=O)[O-].CCC(C)(C)C(=O)OC1(C)CCc2cc(F)ccc21.CCC(C)(C)C(=O)OC1C2CC3C(=O)OC1C3O2.CCC(C)(C)C(=O)Oc1ccc(O)cc1.c1ccc([S+](c2ccccc2)c2ccccc2)cc1. The van der Waals surface area contributed by atoms with Crippen LogP contribution in [-0.4, -0.2) is 83.7 Å². The molecule has 3 fully saturated rings. The van der Waals surface area contributed by atoms with Crippen LogP contribution < -0.4 is 4.74 Å². The molecule has 0 amide bonds. The molecule has 2 bridgehead atoms. The van der Waals surface area contributed by atoms with Gasteiger partial charge in [0.2, 0.25) is 0 Å². The van der Waals surface area contributed by atoms with Gasteiger partial charge in [-0.05, 0) is 198 Å². The third kappa shape index (κ3) is 18.0. The number of carbonyl (C=O) groups is 5. The summed E-state index contributed by atoms with van der Waals surface area (Å²) in [4.78, 5) is 63.0. The highest BCUT2D eigenvalue weighted by atomic mass is 32.2. The summed E-state index contributed by atoms with van der Waals surface area (Å²) in [6, 6.07) is 43.0. The Bertz CT molecular complexity index is 3170. The summed E-state index contributed by atoms with van der Waals surface area (Å²) >= 11 is 0. The molecule has 5 aromatic rings. The minimum Gasteiger partial charge on any atom is -0.743 e. The van der Waals surface area contributed by atoms with Gasteiger partial charge in [0.15, 0.2) is 43.1 Å². The van der Waals surface area contributed by atoms with Gasteiger partial charge in [-0.2, -0.15) is 8.78 Å². The number of hydrogen-bond acceptors (Lipinski definition) is 15. The van der Waals surface area contributed by atoms with Crippen LogP contribution >= 0.6 is 0 Å². The average Bonchev–Trinajstić information content (AvgIpc) is 1.62. The molecule has 0 radical (unpaired) electrons. The zero-order valence-electron chi connectivity index (χ0n) is 52.7. The van der Waals surface area contributed by atoms with Crippen molar-refractivity contribution < 1.29 is 83.6 Å². The van der Waals surface area contributed by atoms with E-state index >= 15 is 0 Å². The fourth-order valence-electron chi connectivity index (χ4n) is 8.91. The van der Waals surface area contributed by atoms with Crippen molar-refractivity contribution in [3.63, 3.8) is 0 Å². The van der Waals surface area contributed by atoms with Gasteiger partial charge in [-0.15, -0.1) is 0 Å². The maximum absolute atomic E-state index is 13.2. The molecule has 1 N–H and O–H groups in total. The number of ether oxygens (including phenoxy) is 6. The highest BCUT2D eigenvalue weighted by molar-refractivity contribution is 7.97. The molecule has 15 nitrogen and oxygen atoms in total. The van der Waals surface area contributed by atoms with Crippen LogP contribution in [0.25, 0.3) is 0 Å². The molecule has 88 heavy (non-hydrogen) atoms. The first-order valence-corrected chi connectivity index (χ1v) is 32.2. The minimum atomic E-state index is -5.86. The number of esters is 5. The van der Waals surface area contributed by atoms with E-state index in [1.165, 1.54) is 46.7 Å². The van der Waals surface area contributed by atoms with Crippen molar-refractivity contribution in [3.8, 4) is 11.5 Å². The van der Waals surface area contributed by atoms with Gasteiger partial charge in [0.05, 0.1) is 44.6 Å². The Hall–Kier alpha value is -6.74. The lowest BCUT2D eigenvalue weighted by Gasteiger charge is -2.31. The quantitative estimate of drug-likeness (QED) is 0.0301. The van der Waals surface area contributed by atoms with Crippen molar-refractivity contribution in [2.24, 2.45) is 27.6 Å². The number of aryl methyl sites for hydroxylation is 1. The normalized spacial score (nSPS) is 20.4. The van der Waals surface area contributed by atoms with E-state index in [0.29, 0.717) is 31.9 Å². The molecule has 1 aliphatic carbocycles. The number of rotatable bonds is 17. The fourth-order valence-corrected chi connectivity index (χ4v) is 11.5. The standard InChI is InChI=1S/C18H15S.C16H21FO2.C13H18O5.C12H16O3.C9H16F2O5S/c1-4-10-16(11-5-1)19(17-12-6-2-7-13-17)18-14-8-3-9-15-18;1-5-15(2,3)14(18)19-16(4)9-8-11-10-12(17)6-7-13(11)16;1-4-13(2,3)12(15)18-9-7-5-6-8(16-7)10(9)17-11(6)14;1-4-12(2,3)11(14)15-10-7-5-9(13)6-8-10;1-5-8(3,4)7(12)16-6(2)9(10,11)17(13,14)15/h1-15H;6-7,10H,5,8-9H2,1-4H3;6-10H,4-5H2,1-3H3;5-8,13H,4H2,1-3H3;6H,5H2,1-4H3,(H,13,14,15)/q+1;;;;/p-1. The fraction of sp³-hybridized carbons (Fsp3) is 0.485. The second kappa shape index (κ2) is 29.7. The number of phenols is 1. The van der Waals surface area contributed by atoms with Gasteiger partial charge in [-0.25, -0.2) is 12.8 Å². The van der Waals surface area contributed by atoms with E-state index in [-0.39, 0.29) is 64.5 Å². The van der Waals surface area contributed by atoms with Crippen LogP contribution in [0.2, 0.25) is 0 Å². The lowest BCUT2D eigenvalue weighted by molar-refractivity contribution is -0.170. The van der Waals surface area contributed by atoms with Crippen molar-refractivity contribution in [1.82, 2.24) is 0 Å². The molecule has 3 saturated heterocycles. The minimum absolute atomic E-state index is 0.0146. The van der Waals surface area contributed by atoms with Crippen LogP contribution in [0.4, 0.5) is 13.2 Å². The summed E-state index contributed by atoms with van der Waals surface area (Å²) in [6.45, 7) is 24.2. The van der Waals surface area contributed by atoms with Crippen molar-refractivity contribution in [1.29, 1.82) is 0 Å². The van der Waals surface area contributed by atoms with E-state index in [9.17, 15) is 50.1 Å². The van der Waals surface area contributed by atoms with E-state index in [1.807, 2.05) is 69.2 Å². The second-order valence-electron chi connectivity index (χ2n) is 24.8. The monoisotopic (exact) mass is 1260 g/mol. The summed E-state index contributed by atoms with van der Waals surface area (Å²) in [7, 11) is -5.87. The van der Waals surface area contributed by atoms with E-state index in [2.05, 4.69) is 95.7 Å². The molecular formula is C68H85F3O15S2. The molecule has 0 saturated carbocycles. The van der Waals surface area contributed by atoms with E-state index in [4.69, 9.17) is 28.8 Å². The molecule has 7 atom stereocenters. The highest BCUT2D eigenvalue weighted by Gasteiger charge is 2.65. The third-order valence-electron chi connectivity index (χ3n) is 16.7. The number of halogens is 3. The summed E-state index contributed by atoms with van der Waals surface area (Å²) in [6.07, 6.45) is 1.08. The summed E-state index contributed by atoms with van der Waals surface area (Å²) in [5.41, 5.74) is -1.21. The maximum atomic E-state index is 13.2. The molecule has 20 heteroatoms. The van der Waals surface area contributed by atoms with Gasteiger partial charge in [0.1, 0.15) is 29.0 Å². The average molecular weight is 1260 g/mol. The lowest BCUT2D eigenvalue weighted by Crippen LogP contribution is -2.44. The first kappa shape index (κ1) is 72.0. The molecule has 0 aromatic heterocycles. The Morgan fingerprint density at radius 3 is 1.60 bits per heavy atom. The number of phenolic OH excluding ortho intramolecular Hbond substituents is 1. The molecular weight excluding hydrogens is 1180 g/mol. The van der Waals surface area contributed by atoms with Crippen molar-refractivity contribution in [2.45, 2.75) is 198 Å². The zero-order valence-corrected chi connectivity index (χ0v) is 54.4. The van der Waals surface area contributed by atoms with Gasteiger partial charge in [-0.1, -0.05) is 88.4 Å². The van der Waals surface area contributed by atoms with E-state index in [1.54, 1.807) is 31.2 Å². The molecule has 9 rings (SSSR count). The number of aromatic hydroxyl groups is 1. The molecule has 480 valence electrons. The Morgan fingerprint density at radius 2 is 1.14 bits per heavy atom. The summed E-state index contributed by atoms with van der Waals surface area (Å²) in [5, 5.41) is 4.42. The summed E-state index contributed by atoms with van der Waals surface area (Å²) < 4.78 is 102. The van der Waals surface area contributed by atoms with Crippen LogP contribution in [0, 0.1) is 33.4 Å². The first-order chi connectivity index (χ1) is 41.0. The Balaban J connectivity index is 0.000000201. The van der Waals surface area contributed by atoms with Crippen LogP contribution in [0.15, 0.2) is 148 Å². The topological polar surface area (TPSA) is 218 Å². The smallest absolute Gasteiger partial charge is 0.369 e. The van der Waals surface area contributed by atoms with E-state index in [0.717, 1.165) is 36.8 Å². The Kier molecular flexibility index (Phi) is 24.3. The van der Waals surface area contributed by atoms with Gasteiger partial charge in [0, 0.05) is 0 Å². The van der Waals surface area contributed by atoms with Gasteiger partial charge >= 0.3 is 35.1 Å². The number of benzene rings is 5. The van der Waals surface area contributed by atoms with Crippen LogP contribution in [0.3, 0.4) is 0 Å². The number of carbonyl (C=O) groups excluding carboxylic acids is 5. The van der Waals surface area contributed by atoms with Crippen LogP contribution in [-0.2, 0) is 80.7 Å². The molecule has 4 aliphatic rings. The highest BCUT2D eigenvalue weighted by Crippen LogP contribution is 2.48. The lowest BCUT2D eigenvalue weighted by atomic mass is 9.87. The molecule has 5 aromatic carbocycles. The molecule has 3 aliphatic heterocycles. The molecule has 0 spiro atoms. The largest absolute Gasteiger partial charge is 0.743 e. The Morgan fingerprint density at radius 1 is 0.682 bits per heavy atom. The number of fused-ring (bicyclic) bond motifs is 2. The Labute approximate surface area is 519 Å². The van der Waals surface area contributed by atoms with Gasteiger partial charge in [0.25, 0.3) is 0 Å². The first-order valence-electron chi connectivity index (χ1n) is 29.5. The third-order valence-corrected chi connectivity index (χ3v) is 19.9. The maximum Gasteiger partial charge on any atom is 0.369 e. The van der Waals surface area contributed by atoms with Crippen molar-refractivity contribution >= 4 is 50.9 Å². The van der Waals surface area contributed by atoms with E-state index < -0.39 is 66.9 Å². The molecule has 3 heterocycles. The zero-order chi connectivity index (χ0) is 65.8. The van der Waals surface area contributed by atoms with Crippen LogP contribution in [0.5, 0.6) is 11.5 Å². The summed E-state index contributed by atoms with van der Waals surface area (Å²) in [5.74, 6) is -1.63. The van der Waals surface area contributed by atoms with Gasteiger partial charge < -0.3 is 38.1 Å². The molecule has 7 unspecified atom stereocenters. The van der Waals surface area contributed by atoms with Crippen molar-refractivity contribution in [3.05, 3.63) is 150 Å². The number of hydrogen-bond donors (Lipinski definition) is 1. The van der Waals surface area contributed by atoms with Gasteiger partial charge in [-0.3, -0.25) is 24.0 Å². The predicted octanol–water partition coefficient (Wildman–Crippen LogP) is 14.0.